The van der Waals surface area contributed by atoms with Gasteiger partial charge in [-0.3, -0.25) is 9.48 Å². The zero-order chi connectivity index (χ0) is 16.9. The number of aromatic nitrogens is 2. The molecule has 3 rings (SSSR count). The highest BCUT2D eigenvalue weighted by molar-refractivity contribution is 6.05. The van der Waals surface area contributed by atoms with Gasteiger partial charge in [-0.1, -0.05) is 32.9 Å². The summed E-state index contributed by atoms with van der Waals surface area (Å²) in [6.07, 6.45) is 1.04. The van der Waals surface area contributed by atoms with Crippen molar-refractivity contribution in [2.75, 3.05) is 5.32 Å². The van der Waals surface area contributed by atoms with E-state index < -0.39 is 11.9 Å². The van der Waals surface area contributed by atoms with Crippen LogP contribution in [0.15, 0.2) is 18.2 Å². The van der Waals surface area contributed by atoms with Crippen molar-refractivity contribution in [3.63, 3.8) is 0 Å². The molecule has 1 aromatic carbocycles. The molecule has 1 heterocycles. The summed E-state index contributed by atoms with van der Waals surface area (Å²) in [6.45, 7) is 8.28. The molecule has 1 aliphatic carbocycles. The molecule has 1 amide bonds. The Balaban J connectivity index is 1.99. The van der Waals surface area contributed by atoms with Crippen molar-refractivity contribution in [2.45, 2.75) is 45.4 Å². The first-order valence-electron chi connectivity index (χ1n) is 7.86. The number of aryl methyl sites for hydroxylation is 1. The average molecular weight is 315 g/mol. The van der Waals surface area contributed by atoms with Gasteiger partial charge in [-0.05, 0) is 41.9 Å². The summed E-state index contributed by atoms with van der Waals surface area (Å²) in [5.41, 5.74) is 3.80. The van der Waals surface area contributed by atoms with E-state index in [1.807, 2.05) is 12.1 Å². The Labute approximate surface area is 135 Å². The van der Waals surface area contributed by atoms with Crippen LogP contribution in [0.1, 0.15) is 60.3 Å². The molecule has 1 N–H and O–H groups in total. The first-order valence-corrected chi connectivity index (χ1v) is 7.86. The first-order chi connectivity index (χ1) is 10.7. The molecular formula is C18H22FN3O. The Morgan fingerprint density at radius 1 is 1.43 bits per heavy atom. The minimum atomic E-state index is -0.733. The van der Waals surface area contributed by atoms with Gasteiger partial charge in [0.05, 0.1) is 5.69 Å². The molecule has 0 saturated heterocycles. The van der Waals surface area contributed by atoms with Crippen molar-refractivity contribution in [1.29, 1.82) is 0 Å². The monoisotopic (exact) mass is 315 g/mol. The van der Waals surface area contributed by atoms with Gasteiger partial charge in [0, 0.05) is 12.7 Å². The molecule has 0 bridgehead atoms. The second-order valence-electron chi connectivity index (χ2n) is 7.08. The largest absolute Gasteiger partial charge is 0.322 e. The number of carbonyl (C=O) groups excluding carboxylic acids is 1. The average Bonchev–Trinajstić information content (AvgIpc) is 2.84. The summed E-state index contributed by atoms with van der Waals surface area (Å²) < 4.78 is 15.3. The zero-order valence-corrected chi connectivity index (χ0v) is 14.2. The van der Waals surface area contributed by atoms with Crippen molar-refractivity contribution >= 4 is 11.6 Å². The standard InChI is InChI=1S/C18H22FN3O/c1-10-9-18(3,4)12-7-6-8-13(14(10)12)20-17(23)15-11(2)22(5)21-16(15)19/h6-8,10H,9H2,1-5H3,(H,20,23). The molecule has 4 nitrogen and oxygen atoms in total. The molecule has 1 unspecified atom stereocenters. The highest BCUT2D eigenvalue weighted by Crippen LogP contribution is 2.48. The van der Waals surface area contributed by atoms with Gasteiger partial charge in [0.25, 0.3) is 5.91 Å². The van der Waals surface area contributed by atoms with Crippen molar-refractivity contribution in [1.82, 2.24) is 9.78 Å². The molecule has 0 spiro atoms. The Morgan fingerprint density at radius 3 is 2.74 bits per heavy atom. The molecule has 23 heavy (non-hydrogen) atoms. The van der Waals surface area contributed by atoms with Crippen LogP contribution in [0, 0.1) is 12.9 Å². The fourth-order valence-electron chi connectivity index (χ4n) is 3.78. The Morgan fingerprint density at radius 2 is 2.13 bits per heavy atom. The van der Waals surface area contributed by atoms with Crippen LogP contribution in [0.4, 0.5) is 10.1 Å². The van der Waals surface area contributed by atoms with Crippen LogP contribution in [0.5, 0.6) is 0 Å². The van der Waals surface area contributed by atoms with Gasteiger partial charge >= 0.3 is 0 Å². The van der Waals surface area contributed by atoms with E-state index in [9.17, 15) is 9.18 Å². The lowest BCUT2D eigenvalue weighted by Gasteiger charge is -2.19. The third-order valence-corrected chi connectivity index (χ3v) is 4.91. The number of hydrogen-bond acceptors (Lipinski definition) is 2. The van der Waals surface area contributed by atoms with Gasteiger partial charge in [0.1, 0.15) is 5.56 Å². The Kier molecular flexibility index (Phi) is 3.54. The van der Waals surface area contributed by atoms with Crippen molar-refractivity contribution in [3.8, 4) is 0 Å². The van der Waals surface area contributed by atoms with E-state index >= 15 is 0 Å². The number of rotatable bonds is 2. The summed E-state index contributed by atoms with van der Waals surface area (Å²) in [7, 11) is 1.63. The lowest BCUT2D eigenvalue weighted by molar-refractivity contribution is 0.102. The lowest BCUT2D eigenvalue weighted by atomic mass is 9.86. The summed E-state index contributed by atoms with van der Waals surface area (Å²) in [5.74, 6) is -0.821. The normalized spacial score (nSPS) is 18.8. The Bertz CT molecular complexity index is 792. The summed E-state index contributed by atoms with van der Waals surface area (Å²) in [5, 5.41) is 6.56. The maximum Gasteiger partial charge on any atom is 0.262 e. The van der Waals surface area contributed by atoms with Gasteiger partial charge < -0.3 is 5.32 Å². The molecule has 0 radical (unpaired) electrons. The predicted octanol–water partition coefficient (Wildman–Crippen LogP) is 3.90. The number of nitrogens with zero attached hydrogens (tertiary/aromatic N) is 2. The van der Waals surface area contributed by atoms with E-state index in [4.69, 9.17) is 0 Å². The molecule has 122 valence electrons. The van der Waals surface area contributed by atoms with E-state index in [0.29, 0.717) is 11.6 Å². The first kappa shape index (κ1) is 15.7. The van der Waals surface area contributed by atoms with Crippen LogP contribution in [-0.4, -0.2) is 15.7 Å². The highest BCUT2D eigenvalue weighted by atomic mass is 19.1. The van der Waals surface area contributed by atoms with E-state index in [-0.39, 0.29) is 11.0 Å². The molecule has 5 heteroatoms. The lowest BCUT2D eigenvalue weighted by Crippen LogP contribution is -2.16. The van der Waals surface area contributed by atoms with Crippen LogP contribution in [0.3, 0.4) is 0 Å². The molecule has 0 saturated carbocycles. The maximum absolute atomic E-state index is 13.9. The number of carbonyl (C=O) groups is 1. The van der Waals surface area contributed by atoms with Crippen LogP contribution in [0.2, 0.25) is 0 Å². The third-order valence-electron chi connectivity index (χ3n) is 4.91. The number of benzene rings is 1. The molecular weight excluding hydrogens is 293 g/mol. The molecule has 1 aliphatic rings. The number of halogens is 1. The molecule has 0 aliphatic heterocycles. The minimum absolute atomic E-state index is 0.00927. The number of nitrogens with one attached hydrogen (secondary N) is 1. The Hall–Kier alpha value is -2.17. The van der Waals surface area contributed by atoms with E-state index in [1.54, 1.807) is 14.0 Å². The van der Waals surface area contributed by atoms with E-state index in [0.717, 1.165) is 17.7 Å². The molecule has 0 fully saturated rings. The predicted molar refractivity (Wildman–Crippen MR) is 88.4 cm³/mol. The van der Waals surface area contributed by atoms with Gasteiger partial charge in [0.2, 0.25) is 5.95 Å². The SMILES string of the molecule is Cc1c(C(=O)Nc2cccc3c2C(C)CC3(C)C)c(F)nn1C. The summed E-state index contributed by atoms with van der Waals surface area (Å²) in [4.78, 5) is 12.5. The molecule has 1 atom stereocenters. The van der Waals surface area contributed by atoms with Gasteiger partial charge in [-0.25, -0.2) is 0 Å². The fraction of sp³-hybridized carbons (Fsp3) is 0.444. The van der Waals surface area contributed by atoms with Crippen LogP contribution in [-0.2, 0) is 12.5 Å². The second kappa shape index (κ2) is 5.18. The van der Waals surface area contributed by atoms with E-state index in [1.165, 1.54) is 10.2 Å². The maximum atomic E-state index is 13.9. The van der Waals surface area contributed by atoms with Crippen molar-refractivity contribution in [3.05, 3.63) is 46.5 Å². The smallest absolute Gasteiger partial charge is 0.262 e. The van der Waals surface area contributed by atoms with Crippen LogP contribution >= 0.6 is 0 Å². The highest BCUT2D eigenvalue weighted by Gasteiger charge is 2.36. The number of amides is 1. The topological polar surface area (TPSA) is 46.9 Å². The van der Waals surface area contributed by atoms with E-state index in [2.05, 4.69) is 37.3 Å². The van der Waals surface area contributed by atoms with Gasteiger partial charge in [-0.15, -0.1) is 5.10 Å². The fourth-order valence-corrected chi connectivity index (χ4v) is 3.78. The second-order valence-corrected chi connectivity index (χ2v) is 7.08. The van der Waals surface area contributed by atoms with Gasteiger partial charge in [0.15, 0.2) is 0 Å². The summed E-state index contributed by atoms with van der Waals surface area (Å²) in [6, 6.07) is 5.95. The van der Waals surface area contributed by atoms with Crippen molar-refractivity contribution in [2.24, 2.45) is 7.05 Å². The number of hydrogen-bond donors (Lipinski definition) is 1. The molecule has 1 aromatic heterocycles. The van der Waals surface area contributed by atoms with Crippen molar-refractivity contribution < 1.29 is 9.18 Å². The third kappa shape index (κ3) is 2.44. The zero-order valence-electron chi connectivity index (χ0n) is 14.2. The van der Waals surface area contributed by atoms with Crippen LogP contribution in [0.25, 0.3) is 0 Å². The summed E-state index contributed by atoms with van der Waals surface area (Å²) >= 11 is 0. The number of fused-ring (bicyclic) bond motifs is 1. The minimum Gasteiger partial charge on any atom is -0.322 e. The quantitative estimate of drug-likeness (QED) is 0.913. The van der Waals surface area contributed by atoms with Crippen LogP contribution < -0.4 is 5.32 Å². The number of anilines is 1. The molecule has 2 aromatic rings. The van der Waals surface area contributed by atoms with Gasteiger partial charge in [-0.2, -0.15) is 4.39 Å².